The number of hydrogen-bond acceptors (Lipinski definition) is 3. The minimum atomic E-state index is -0.560. The van der Waals surface area contributed by atoms with Gasteiger partial charge in [0.05, 0.1) is 5.02 Å². The van der Waals surface area contributed by atoms with Gasteiger partial charge in [-0.05, 0) is 55.6 Å². The summed E-state index contributed by atoms with van der Waals surface area (Å²) in [6, 6.07) is 15.5. The van der Waals surface area contributed by atoms with E-state index in [2.05, 4.69) is 28.4 Å². The molecule has 1 saturated heterocycles. The number of rotatable bonds is 8. The van der Waals surface area contributed by atoms with Crippen molar-refractivity contribution in [3.05, 3.63) is 64.7 Å². The molecule has 0 bridgehead atoms. The molecule has 0 aliphatic carbocycles. The summed E-state index contributed by atoms with van der Waals surface area (Å²) >= 11 is 6.14. The molecule has 144 valence electrons. The molecular weight excluding hydrogens is 360 g/mol. The van der Waals surface area contributed by atoms with Crippen molar-refractivity contribution in [2.24, 2.45) is 0 Å². The number of ether oxygens (including phenoxy) is 1. The van der Waals surface area contributed by atoms with Crippen LogP contribution < -0.4 is 10.1 Å². The van der Waals surface area contributed by atoms with E-state index in [9.17, 15) is 4.79 Å². The van der Waals surface area contributed by atoms with Gasteiger partial charge in [0.2, 0.25) is 0 Å². The summed E-state index contributed by atoms with van der Waals surface area (Å²) in [7, 11) is 0. The molecule has 0 radical (unpaired) electrons. The topological polar surface area (TPSA) is 41.6 Å². The minimum Gasteiger partial charge on any atom is -0.479 e. The maximum Gasteiger partial charge on any atom is 0.261 e. The minimum absolute atomic E-state index is 0.117. The number of benzene rings is 2. The second-order valence-electron chi connectivity index (χ2n) is 6.91. The van der Waals surface area contributed by atoms with Crippen LogP contribution in [0.3, 0.4) is 0 Å². The molecule has 4 nitrogen and oxygen atoms in total. The summed E-state index contributed by atoms with van der Waals surface area (Å²) in [5.41, 5.74) is 2.44. The number of nitrogens with one attached hydrogen (secondary N) is 1. The Kier molecular flexibility index (Phi) is 7.13. The number of likely N-dealkylation sites (tertiary alicyclic amines) is 1. The number of halogens is 1. The average Bonchev–Trinajstić information content (AvgIpc) is 3.19. The molecule has 0 saturated carbocycles. The molecule has 1 heterocycles. The molecule has 0 unspecified atom stereocenters. The Morgan fingerprint density at radius 1 is 1.11 bits per heavy atom. The standard InChI is InChI=1S/C22H27ClN2O2/c1-2-20(27-21-12-6-5-11-19(21)23)22(26)24-15-17-9-3-4-10-18(17)16-25-13-7-8-14-25/h3-6,9-12,20H,2,7-8,13-16H2,1H3,(H,24,26)/t20-/m0/s1. The molecule has 2 aromatic rings. The molecular formula is C22H27ClN2O2. The number of carbonyl (C=O) groups excluding carboxylic acids is 1. The van der Waals surface area contributed by atoms with Gasteiger partial charge in [-0.25, -0.2) is 0 Å². The SMILES string of the molecule is CC[C@H](Oc1ccccc1Cl)C(=O)NCc1ccccc1CN1CCCC1. The van der Waals surface area contributed by atoms with E-state index in [-0.39, 0.29) is 5.91 Å². The number of amides is 1. The van der Waals surface area contributed by atoms with Gasteiger partial charge in [-0.1, -0.05) is 54.9 Å². The Labute approximate surface area is 166 Å². The smallest absolute Gasteiger partial charge is 0.261 e. The van der Waals surface area contributed by atoms with Gasteiger partial charge in [-0.2, -0.15) is 0 Å². The van der Waals surface area contributed by atoms with Gasteiger partial charge in [-0.3, -0.25) is 9.69 Å². The molecule has 0 aromatic heterocycles. The Balaban J connectivity index is 1.60. The molecule has 1 atom stereocenters. The highest BCUT2D eigenvalue weighted by atomic mass is 35.5. The molecule has 27 heavy (non-hydrogen) atoms. The predicted octanol–water partition coefficient (Wildman–Crippen LogP) is 4.41. The molecule has 1 aliphatic rings. The zero-order chi connectivity index (χ0) is 19.1. The summed E-state index contributed by atoms with van der Waals surface area (Å²) in [5, 5.41) is 3.54. The second-order valence-corrected chi connectivity index (χ2v) is 7.32. The van der Waals surface area contributed by atoms with Crippen LogP contribution in [0.4, 0.5) is 0 Å². The largest absolute Gasteiger partial charge is 0.479 e. The number of carbonyl (C=O) groups is 1. The van der Waals surface area contributed by atoms with E-state index >= 15 is 0 Å². The lowest BCUT2D eigenvalue weighted by Gasteiger charge is -2.20. The quantitative estimate of drug-likeness (QED) is 0.730. The number of para-hydroxylation sites is 1. The fourth-order valence-corrected chi connectivity index (χ4v) is 3.56. The van der Waals surface area contributed by atoms with Gasteiger partial charge < -0.3 is 10.1 Å². The van der Waals surface area contributed by atoms with E-state index < -0.39 is 6.10 Å². The number of nitrogens with zero attached hydrogens (tertiary/aromatic N) is 1. The first-order valence-electron chi connectivity index (χ1n) is 9.65. The third-order valence-corrected chi connectivity index (χ3v) is 5.25. The average molecular weight is 387 g/mol. The maximum absolute atomic E-state index is 12.6. The summed E-state index contributed by atoms with van der Waals surface area (Å²) < 4.78 is 5.83. The van der Waals surface area contributed by atoms with Crippen LogP contribution in [0.5, 0.6) is 5.75 Å². The summed E-state index contributed by atoms with van der Waals surface area (Å²) in [6.07, 6.45) is 2.56. The lowest BCUT2D eigenvalue weighted by molar-refractivity contribution is -0.128. The summed E-state index contributed by atoms with van der Waals surface area (Å²) in [6.45, 7) is 5.70. The highest BCUT2D eigenvalue weighted by Crippen LogP contribution is 2.25. The van der Waals surface area contributed by atoms with E-state index in [0.717, 1.165) is 25.2 Å². The van der Waals surface area contributed by atoms with Crippen molar-refractivity contribution < 1.29 is 9.53 Å². The van der Waals surface area contributed by atoms with Crippen molar-refractivity contribution >= 4 is 17.5 Å². The second kappa shape index (κ2) is 9.77. The van der Waals surface area contributed by atoms with Gasteiger partial charge in [0.15, 0.2) is 6.10 Å². The lowest BCUT2D eigenvalue weighted by Crippen LogP contribution is -2.38. The molecule has 1 fully saturated rings. The Hall–Kier alpha value is -2.04. The van der Waals surface area contributed by atoms with E-state index in [1.54, 1.807) is 12.1 Å². The zero-order valence-corrected chi connectivity index (χ0v) is 16.5. The predicted molar refractivity (Wildman–Crippen MR) is 109 cm³/mol. The molecule has 1 N–H and O–H groups in total. The molecule has 5 heteroatoms. The van der Waals surface area contributed by atoms with Crippen LogP contribution in [-0.4, -0.2) is 30.0 Å². The lowest BCUT2D eigenvalue weighted by atomic mass is 10.1. The van der Waals surface area contributed by atoms with E-state index in [1.165, 1.54) is 18.4 Å². The van der Waals surface area contributed by atoms with Crippen LogP contribution >= 0.6 is 11.6 Å². The van der Waals surface area contributed by atoms with Crippen LogP contribution in [0, 0.1) is 0 Å². The molecule has 1 amide bonds. The third kappa shape index (κ3) is 5.47. The first kappa shape index (κ1) is 19.7. The fourth-order valence-electron chi connectivity index (χ4n) is 3.38. The van der Waals surface area contributed by atoms with Crippen molar-refractivity contribution in [2.45, 2.75) is 45.4 Å². The van der Waals surface area contributed by atoms with Gasteiger partial charge in [0.1, 0.15) is 5.75 Å². The van der Waals surface area contributed by atoms with Crippen molar-refractivity contribution in [3.8, 4) is 5.75 Å². The van der Waals surface area contributed by atoms with E-state index in [4.69, 9.17) is 16.3 Å². The maximum atomic E-state index is 12.6. The van der Waals surface area contributed by atoms with Gasteiger partial charge in [0, 0.05) is 13.1 Å². The van der Waals surface area contributed by atoms with Crippen LogP contribution in [0.25, 0.3) is 0 Å². The first-order valence-corrected chi connectivity index (χ1v) is 10.0. The molecule has 2 aromatic carbocycles. The van der Waals surface area contributed by atoms with E-state index in [0.29, 0.717) is 23.7 Å². The van der Waals surface area contributed by atoms with Crippen molar-refractivity contribution in [3.63, 3.8) is 0 Å². The fraction of sp³-hybridized carbons (Fsp3) is 0.409. The third-order valence-electron chi connectivity index (χ3n) is 4.93. The van der Waals surface area contributed by atoms with Crippen LogP contribution in [0.2, 0.25) is 5.02 Å². The molecule has 3 rings (SSSR count). The first-order chi connectivity index (χ1) is 13.2. The van der Waals surface area contributed by atoms with E-state index in [1.807, 2.05) is 25.1 Å². The van der Waals surface area contributed by atoms with Gasteiger partial charge in [0.25, 0.3) is 5.91 Å². The van der Waals surface area contributed by atoms with Crippen molar-refractivity contribution in [2.75, 3.05) is 13.1 Å². The van der Waals surface area contributed by atoms with Crippen molar-refractivity contribution in [1.82, 2.24) is 10.2 Å². The van der Waals surface area contributed by atoms with Crippen molar-refractivity contribution in [1.29, 1.82) is 0 Å². The normalized spacial score (nSPS) is 15.5. The van der Waals surface area contributed by atoms with Gasteiger partial charge >= 0.3 is 0 Å². The Morgan fingerprint density at radius 2 is 1.78 bits per heavy atom. The summed E-state index contributed by atoms with van der Waals surface area (Å²) in [5.74, 6) is 0.420. The van der Waals surface area contributed by atoms with Crippen LogP contribution in [-0.2, 0) is 17.9 Å². The number of hydrogen-bond donors (Lipinski definition) is 1. The zero-order valence-electron chi connectivity index (χ0n) is 15.8. The monoisotopic (exact) mass is 386 g/mol. The van der Waals surface area contributed by atoms with Crippen LogP contribution in [0.1, 0.15) is 37.3 Å². The molecule has 1 aliphatic heterocycles. The van der Waals surface area contributed by atoms with Crippen LogP contribution in [0.15, 0.2) is 48.5 Å². The van der Waals surface area contributed by atoms with Gasteiger partial charge in [-0.15, -0.1) is 0 Å². The Morgan fingerprint density at radius 3 is 2.48 bits per heavy atom. The highest BCUT2D eigenvalue weighted by molar-refractivity contribution is 6.32. The Bertz CT molecular complexity index is 759. The highest BCUT2D eigenvalue weighted by Gasteiger charge is 2.20. The molecule has 0 spiro atoms. The summed E-state index contributed by atoms with van der Waals surface area (Å²) in [4.78, 5) is 15.1.